The lowest BCUT2D eigenvalue weighted by Crippen LogP contribution is -2.29. The standard InChI is InChI=1S/C3H7NO6S/c1-2(4)3(5)9-10-11(6,7)8/h2H,4H2,1H3,(H,6,7,8)/t2-/m0/s1. The van der Waals surface area contributed by atoms with Gasteiger partial charge in [-0.2, -0.15) is 8.42 Å². The molecule has 7 nitrogen and oxygen atoms in total. The van der Waals surface area contributed by atoms with Crippen LogP contribution >= 0.6 is 0 Å². The third-order valence-electron chi connectivity index (χ3n) is 0.574. The number of hydrogen-bond acceptors (Lipinski definition) is 6. The zero-order valence-electron chi connectivity index (χ0n) is 5.55. The Morgan fingerprint density at radius 1 is 1.64 bits per heavy atom. The molecule has 0 aromatic carbocycles. The molecule has 0 rings (SSSR count). The molecule has 0 aliphatic rings. The van der Waals surface area contributed by atoms with E-state index < -0.39 is 22.4 Å². The van der Waals surface area contributed by atoms with E-state index in [0.717, 1.165) is 0 Å². The SMILES string of the molecule is C[C@H](N)C(=O)OOS(=O)(=O)O. The van der Waals surface area contributed by atoms with Gasteiger partial charge in [-0.05, 0) is 11.3 Å². The summed E-state index contributed by atoms with van der Waals surface area (Å²) in [7, 11) is -4.75. The van der Waals surface area contributed by atoms with Gasteiger partial charge in [-0.25, -0.2) is 4.79 Å². The van der Waals surface area contributed by atoms with E-state index >= 15 is 0 Å². The summed E-state index contributed by atoms with van der Waals surface area (Å²) in [5.41, 5.74) is 4.93. The molecule has 0 aliphatic heterocycles. The van der Waals surface area contributed by atoms with Crippen LogP contribution in [-0.4, -0.2) is 25.0 Å². The molecule has 0 aliphatic carbocycles. The molecule has 3 N–H and O–H groups in total. The molecule has 66 valence electrons. The van der Waals surface area contributed by atoms with Crippen LogP contribution in [0.2, 0.25) is 0 Å². The second-order valence-corrected chi connectivity index (χ2v) is 2.68. The van der Waals surface area contributed by atoms with Crippen LogP contribution in [0, 0.1) is 0 Å². The topological polar surface area (TPSA) is 116 Å². The van der Waals surface area contributed by atoms with Crippen LogP contribution in [-0.2, 0) is 24.4 Å². The van der Waals surface area contributed by atoms with Crippen molar-refractivity contribution in [3.63, 3.8) is 0 Å². The van der Waals surface area contributed by atoms with Crippen LogP contribution in [0.15, 0.2) is 0 Å². The lowest BCUT2D eigenvalue weighted by atomic mass is 10.4. The molecule has 0 saturated heterocycles. The molecule has 0 aromatic rings. The molecular formula is C3H7NO6S. The van der Waals surface area contributed by atoms with E-state index in [4.69, 9.17) is 10.3 Å². The minimum Gasteiger partial charge on any atom is -0.319 e. The quantitative estimate of drug-likeness (QED) is 0.316. The van der Waals surface area contributed by atoms with Crippen molar-refractivity contribution in [2.75, 3.05) is 0 Å². The average Bonchev–Trinajstić information content (AvgIpc) is 1.80. The van der Waals surface area contributed by atoms with Gasteiger partial charge in [0.25, 0.3) is 0 Å². The van der Waals surface area contributed by atoms with Gasteiger partial charge in [0.2, 0.25) is 0 Å². The summed E-state index contributed by atoms with van der Waals surface area (Å²) in [5, 5.41) is 0. The second kappa shape index (κ2) is 3.62. The van der Waals surface area contributed by atoms with Crippen molar-refractivity contribution in [1.29, 1.82) is 0 Å². The fourth-order valence-electron chi connectivity index (χ4n) is 0.152. The molecular weight excluding hydrogens is 178 g/mol. The maximum absolute atomic E-state index is 10.3. The third kappa shape index (κ3) is 5.73. The normalized spacial score (nSPS) is 14.1. The Kier molecular flexibility index (Phi) is 3.39. The Hall–Kier alpha value is -0.700. The predicted octanol–water partition coefficient (Wildman–Crippen LogP) is -1.39. The van der Waals surface area contributed by atoms with Gasteiger partial charge >= 0.3 is 16.4 Å². The molecule has 1 atom stereocenters. The van der Waals surface area contributed by atoms with E-state index in [1.807, 2.05) is 0 Å². The van der Waals surface area contributed by atoms with Gasteiger partial charge in [-0.15, -0.1) is 0 Å². The summed E-state index contributed by atoms with van der Waals surface area (Å²) in [5.74, 6) is -1.09. The third-order valence-corrected chi connectivity index (χ3v) is 0.814. The molecule has 0 fully saturated rings. The van der Waals surface area contributed by atoms with Crippen LogP contribution in [0.25, 0.3) is 0 Å². The Balaban J connectivity index is 3.83. The van der Waals surface area contributed by atoms with Gasteiger partial charge in [0, 0.05) is 0 Å². The Morgan fingerprint density at radius 3 is 2.36 bits per heavy atom. The van der Waals surface area contributed by atoms with Crippen molar-refractivity contribution in [3.05, 3.63) is 0 Å². The van der Waals surface area contributed by atoms with Crippen molar-refractivity contribution in [2.24, 2.45) is 5.73 Å². The summed E-state index contributed by atoms with van der Waals surface area (Å²) in [6.45, 7) is 1.26. The zero-order valence-corrected chi connectivity index (χ0v) is 6.37. The molecule has 0 aromatic heterocycles. The number of carbonyl (C=O) groups excluding carboxylic acids is 1. The highest BCUT2D eigenvalue weighted by molar-refractivity contribution is 7.80. The minimum absolute atomic E-state index is 1.02. The Labute approximate surface area is 63.0 Å². The van der Waals surface area contributed by atoms with Crippen LogP contribution in [0.1, 0.15) is 6.92 Å². The van der Waals surface area contributed by atoms with Gasteiger partial charge < -0.3 is 5.73 Å². The van der Waals surface area contributed by atoms with Crippen molar-refractivity contribution in [2.45, 2.75) is 13.0 Å². The maximum atomic E-state index is 10.3. The molecule has 0 bridgehead atoms. The first-order chi connectivity index (χ1) is 4.83. The minimum atomic E-state index is -4.75. The number of hydrogen-bond donors (Lipinski definition) is 2. The van der Waals surface area contributed by atoms with Gasteiger partial charge in [-0.1, -0.05) is 0 Å². The molecule has 0 amide bonds. The van der Waals surface area contributed by atoms with Crippen LogP contribution < -0.4 is 5.73 Å². The van der Waals surface area contributed by atoms with Crippen LogP contribution in [0.5, 0.6) is 0 Å². The summed E-state index contributed by atoms with van der Waals surface area (Å²) in [6.07, 6.45) is 0. The number of nitrogens with two attached hydrogens (primary N) is 1. The van der Waals surface area contributed by atoms with E-state index in [1.54, 1.807) is 0 Å². The summed E-state index contributed by atoms with van der Waals surface area (Å²) in [6, 6.07) is -1.02. The van der Waals surface area contributed by atoms with E-state index in [1.165, 1.54) is 6.92 Å². The van der Waals surface area contributed by atoms with Gasteiger partial charge in [-0.3, -0.25) is 9.44 Å². The van der Waals surface area contributed by atoms with Crippen LogP contribution in [0.3, 0.4) is 0 Å². The molecule has 0 unspecified atom stereocenters. The summed E-state index contributed by atoms with van der Waals surface area (Å²) >= 11 is 0. The van der Waals surface area contributed by atoms with Gasteiger partial charge in [0.15, 0.2) is 0 Å². The predicted molar refractivity (Wildman–Crippen MR) is 32.4 cm³/mol. The van der Waals surface area contributed by atoms with E-state index in [9.17, 15) is 13.2 Å². The van der Waals surface area contributed by atoms with Gasteiger partial charge in [0.1, 0.15) is 6.04 Å². The average molecular weight is 185 g/mol. The van der Waals surface area contributed by atoms with E-state index in [-0.39, 0.29) is 0 Å². The van der Waals surface area contributed by atoms with Gasteiger partial charge in [0.05, 0.1) is 0 Å². The highest BCUT2D eigenvalue weighted by Gasteiger charge is 2.14. The first-order valence-electron chi connectivity index (χ1n) is 2.46. The monoisotopic (exact) mass is 185 g/mol. The Morgan fingerprint density at radius 2 is 2.09 bits per heavy atom. The molecule has 0 saturated carbocycles. The summed E-state index contributed by atoms with van der Waals surface area (Å²) in [4.78, 5) is 13.9. The van der Waals surface area contributed by atoms with E-state index in [0.29, 0.717) is 0 Å². The van der Waals surface area contributed by atoms with Crippen molar-refractivity contribution in [3.8, 4) is 0 Å². The highest BCUT2D eigenvalue weighted by atomic mass is 32.3. The molecule has 0 radical (unpaired) electrons. The maximum Gasteiger partial charge on any atom is 0.432 e. The molecule has 0 heterocycles. The van der Waals surface area contributed by atoms with Crippen molar-refractivity contribution >= 4 is 16.4 Å². The fourth-order valence-corrected chi connectivity index (χ4v) is 0.305. The van der Waals surface area contributed by atoms with Crippen molar-refractivity contribution < 1.29 is 27.0 Å². The number of carbonyl (C=O) groups is 1. The largest absolute Gasteiger partial charge is 0.432 e. The Bertz CT molecular complexity index is 230. The lowest BCUT2D eigenvalue weighted by Gasteiger charge is -2.01. The fraction of sp³-hybridized carbons (Fsp3) is 0.667. The first kappa shape index (κ1) is 10.3. The second-order valence-electron chi connectivity index (χ2n) is 1.69. The molecule has 8 heteroatoms. The highest BCUT2D eigenvalue weighted by Crippen LogP contribution is 1.90. The van der Waals surface area contributed by atoms with Crippen molar-refractivity contribution in [1.82, 2.24) is 0 Å². The lowest BCUT2D eigenvalue weighted by molar-refractivity contribution is -0.215. The first-order valence-corrected chi connectivity index (χ1v) is 3.82. The smallest absolute Gasteiger partial charge is 0.319 e. The molecule has 11 heavy (non-hydrogen) atoms. The zero-order chi connectivity index (χ0) is 9.07. The van der Waals surface area contributed by atoms with E-state index in [2.05, 4.69) is 9.22 Å². The summed E-state index contributed by atoms with van der Waals surface area (Å²) < 4.78 is 30.7. The van der Waals surface area contributed by atoms with Crippen LogP contribution in [0.4, 0.5) is 0 Å². The number of rotatable bonds is 3. The molecule has 0 spiro atoms.